The minimum atomic E-state index is -1.42. The van der Waals surface area contributed by atoms with Crippen molar-refractivity contribution < 1.29 is 47.7 Å². The van der Waals surface area contributed by atoms with Gasteiger partial charge in [0.2, 0.25) is 6.29 Å². The van der Waals surface area contributed by atoms with E-state index in [-0.39, 0.29) is 6.61 Å². The molecule has 1 amide bonds. The molecule has 11 nitrogen and oxygen atoms in total. The summed E-state index contributed by atoms with van der Waals surface area (Å²) >= 11 is 1.29. The van der Waals surface area contributed by atoms with Crippen LogP contribution in [0.15, 0.2) is 16.8 Å². The van der Waals surface area contributed by atoms with E-state index in [0.29, 0.717) is 5.56 Å². The van der Waals surface area contributed by atoms with Gasteiger partial charge in [0, 0.05) is 38.6 Å². The summed E-state index contributed by atoms with van der Waals surface area (Å²) in [6.45, 7) is 4.17. The molecule has 12 heteroatoms. The second-order valence-corrected chi connectivity index (χ2v) is 7.39. The van der Waals surface area contributed by atoms with Gasteiger partial charge in [-0.3, -0.25) is 24.0 Å². The second kappa shape index (κ2) is 10.9. The van der Waals surface area contributed by atoms with Gasteiger partial charge in [0.1, 0.15) is 18.8 Å². The van der Waals surface area contributed by atoms with E-state index in [2.05, 4.69) is 5.32 Å². The molecule has 170 valence electrons. The fourth-order valence-electron chi connectivity index (χ4n) is 2.95. The Morgan fingerprint density at radius 3 is 2.06 bits per heavy atom. The van der Waals surface area contributed by atoms with Crippen LogP contribution in [-0.4, -0.2) is 67.0 Å². The van der Waals surface area contributed by atoms with Crippen molar-refractivity contribution >= 4 is 41.1 Å². The van der Waals surface area contributed by atoms with Crippen molar-refractivity contribution in [1.29, 1.82) is 0 Å². The number of hydrogen-bond acceptors (Lipinski definition) is 11. The average molecular weight is 457 g/mol. The standard InChI is InChI=1S/C19H23NO10S/c1-9(21)26-7-14-16(27-10(2)22)17(28-11(3)23)15(19(30-14)29-12(4)24)20-18(25)13-5-6-31-8-13/h5-6,8,14-17,19H,7H2,1-4H3,(H,20,25)/t14-,15-,16+,17-,19-/m1/s1. The molecule has 2 rings (SSSR count). The maximum Gasteiger partial charge on any atom is 0.305 e. The quantitative estimate of drug-likeness (QED) is 0.455. The maximum absolute atomic E-state index is 12.6. The van der Waals surface area contributed by atoms with Gasteiger partial charge in [0.15, 0.2) is 12.2 Å². The summed E-state index contributed by atoms with van der Waals surface area (Å²) in [5, 5.41) is 5.89. The third-order valence-electron chi connectivity index (χ3n) is 4.06. The first kappa shape index (κ1) is 24.3. The number of hydrogen-bond donors (Lipinski definition) is 1. The van der Waals surface area contributed by atoms with Gasteiger partial charge >= 0.3 is 23.9 Å². The van der Waals surface area contributed by atoms with Crippen LogP contribution in [-0.2, 0) is 42.9 Å². The molecule has 0 saturated carbocycles. The molecule has 31 heavy (non-hydrogen) atoms. The van der Waals surface area contributed by atoms with Crippen LogP contribution < -0.4 is 5.32 Å². The van der Waals surface area contributed by atoms with E-state index in [0.717, 1.165) is 20.8 Å². The third-order valence-corrected chi connectivity index (χ3v) is 4.75. The molecule has 0 spiro atoms. The highest BCUT2D eigenvalue weighted by Gasteiger charge is 2.52. The van der Waals surface area contributed by atoms with Crippen LogP contribution in [0.4, 0.5) is 0 Å². The second-order valence-electron chi connectivity index (χ2n) is 6.61. The summed E-state index contributed by atoms with van der Waals surface area (Å²) in [4.78, 5) is 59.0. The van der Waals surface area contributed by atoms with E-state index in [9.17, 15) is 24.0 Å². The molecule has 0 aromatic carbocycles. The number of thiophene rings is 1. The number of esters is 4. The number of rotatable bonds is 7. The molecule has 1 N–H and O–H groups in total. The fourth-order valence-corrected chi connectivity index (χ4v) is 3.58. The first-order chi connectivity index (χ1) is 14.6. The molecule has 5 atom stereocenters. The van der Waals surface area contributed by atoms with Crippen molar-refractivity contribution in [2.75, 3.05) is 6.61 Å². The monoisotopic (exact) mass is 457 g/mol. The molecule has 1 aliphatic rings. The van der Waals surface area contributed by atoms with Gasteiger partial charge in [0.25, 0.3) is 5.91 Å². The molecule has 2 heterocycles. The molecular formula is C19H23NO10S. The van der Waals surface area contributed by atoms with Crippen LogP contribution in [0.1, 0.15) is 38.1 Å². The summed E-state index contributed by atoms with van der Waals surface area (Å²) < 4.78 is 26.5. The highest BCUT2D eigenvalue weighted by Crippen LogP contribution is 2.28. The largest absolute Gasteiger partial charge is 0.463 e. The van der Waals surface area contributed by atoms with Gasteiger partial charge in [-0.25, -0.2) is 0 Å². The van der Waals surface area contributed by atoms with Crippen LogP contribution >= 0.6 is 11.3 Å². The fraction of sp³-hybridized carbons (Fsp3) is 0.526. The van der Waals surface area contributed by atoms with Crippen molar-refractivity contribution in [3.63, 3.8) is 0 Å². The van der Waals surface area contributed by atoms with Crippen molar-refractivity contribution in [1.82, 2.24) is 5.32 Å². The molecule has 1 fully saturated rings. The van der Waals surface area contributed by atoms with E-state index < -0.39 is 60.4 Å². The Kier molecular flexibility index (Phi) is 8.51. The van der Waals surface area contributed by atoms with Crippen LogP contribution in [0.2, 0.25) is 0 Å². The molecule has 0 radical (unpaired) electrons. The molecule has 1 aliphatic heterocycles. The summed E-state index contributed by atoms with van der Waals surface area (Å²) in [5.74, 6) is -3.40. The lowest BCUT2D eigenvalue weighted by Gasteiger charge is -2.44. The van der Waals surface area contributed by atoms with Crippen molar-refractivity contribution in [2.45, 2.75) is 58.3 Å². The minimum absolute atomic E-state index is 0.319. The van der Waals surface area contributed by atoms with E-state index >= 15 is 0 Å². The van der Waals surface area contributed by atoms with Crippen molar-refractivity contribution in [3.8, 4) is 0 Å². The molecule has 0 aliphatic carbocycles. The summed E-state index contributed by atoms with van der Waals surface area (Å²) in [6.07, 6.45) is -5.13. The lowest BCUT2D eigenvalue weighted by atomic mass is 9.95. The SMILES string of the molecule is CC(=O)OC[C@H]1O[C@@H](OC(C)=O)[C@H](NC(=O)c2ccsc2)[C@@H](OC(C)=O)[C@H]1OC(C)=O. The zero-order valence-electron chi connectivity index (χ0n) is 17.3. The Balaban J connectivity index is 2.42. The molecule has 0 bridgehead atoms. The zero-order valence-corrected chi connectivity index (χ0v) is 18.1. The number of amides is 1. The molecule has 1 aromatic rings. The van der Waals surface area contributed by atoms with Gasteiger partial charge in [-0.2, -0.15) is 11.3 Å². The third kappa shape index (κ3) is 7.03. The van der Waals surface area contributed by atoms with Gasteiger partial charge in [-0.15, -0.1) is 0 Å². The number of carbonyl (C=O) groups is 5. The predicted molar refractivity (Wildman–Crippen MR) is 104 cm³/mol. The smallest absolute Gasteiger partial charge is 0.305 e. The maximum atomic E-state index is 12.6. The van der Waals surface area contributed by atoms with Crippen molar-refractivity contribution in [2.24, 2.45) is 0 Å². The Labute approximate surface area is 181 Å². The van der Waals surface area contributed by atoms with E-state index in [1.165, 1.54) is 18.3 Å². The van der Waals surface area contributed by atoms with E-state index in [1.54, 1.807) is 16.8 Å². The zero-order chi connectivity index (χ0) is 23.1. The molecule has 1 aromatic heterocycles. The van der Waals surface area contributed by atoms with Gasteiger partial charge in [-0.05, 0) is 11.4 Å². The Morgan fingerprint density at radius 2 is 1.55 bits per heavy atom. The average Bonchev–Trinajstić information content (AvgIpc) is 3.18. The Hall–Kier alpha value is -2.99. The van der Waals surface area contributed by atoms with Gasteiger partial charge in [0.05, 0.1) is 0 Å². The predicted octanol–water partition coefficient (Wildman–Crippen LogP) is 0.561. The van der Waals surface area contributed by atoms with Gasteiger partial charge in [-0.1, -0.05) is 0 Å². The Bertz CT molecular complexity index is 824. The van der Waals surface area contributed by atoms with Crippen LogP contribution in [0, 0.1) is 0 Å². The molecule has 1 saturated heterocycles. The number of carbonyl (C=O) groups excluding carboxylic acids is 5. The molecule has 0 unspecified atom stereocenters. The summed E-state index contributed by atoms with van der Waals surface area (Å²) in [5.41, 5.74) is 0.319. The topological polar surface area (TPSA) is 144 Å². The summed E-state index contributed by atoms with van der Waals surface area (Å²) in [7, 11) is 0. The van der Waals surface area contributed by atoms with E-state index in [1.807, 2.05) is 0 Å². The highest BCUT2D eigenvalue weighted by molar-refractivity contribution is 7.08. The van der Waals surface area contributed by atoms with Gasteiger partial charge < -0.3 is 29.0 Å². The first-order valence-electron chi connectivity index (χ1n) is 9.22. The summed E-state index contributed by atoms with van der Waals surface area (Å²) in [6, 6.07) is 0.344. The number of nitrogens with one attached hydrogen (secondary N) is 1. The lowest BCUT2D eigenvalue weighted by molar-refractivity contribution is -0.270. The Morgan fingerprint density at radius 1 is 0.935 bits per heavy atom. The van der Waals surface area contributed by atoms with E-state index in [4.69, 9.17) is 23.7 Å². The highest BCUT2D eigenvalue weighted by atomic mass is 32.1. The molecular weight excluding hydrogens is 434 g/mol. The van der Waals surface area contributed by atoms with Crippen molar-refractivity contribution in [3.05, 3.63) is 22.4 Å². The lowest BCUT2D eigenvalue weighted by Crippen LogP contribution is -2.67. The normalized spacial score (nSPS) is 25.1. The van der Waals surface area contributed by atoms with Crippen LogP contribution in [0.25, 0.3) is 0 Å². The van der Waals surface area contributed by atoms with Crippen LogP contribution in [0.5, 0.6) is 0 Å². The van der Waals surface area contributed by atoms with Crippen LogP contribution in [0.3, 0.4) is 0 Å². The minimum Gasteiger partial charge on any atom is -0.463 e. The first-order valence-corrected chi connectivity index (χ1v) is 10.2. The number of ether oxygens (including phenoxy) is 5.